The van der Waals surface area contributed by atoms with Gasteiger partial charge in [0.25, 0.3) is 0 Å². The maximum Gasteiger partial charge on any atom is 0.136 e. The third kappa shape index (κ3) is 2.08. The normalized spacial score (nSPS) is 12.3. The van der Waals surface area contributed by atoms with Crippen LogP contribution in [0.15, 0.2) is 51.9 Å². The summed E-state index contributed by atoms with van der Waals surface area (Å²) < 4.78 is 5.99. The third-order valence-corrected chi connectivity index (χ3v) is 3.30. The van der Waals surface area contributed by atoms with Gasteiger partial charge in [-0.2, -0.15) is 0 Å². The Kier molecular flexibility index (Phi) is 2.75. The number of hydrogen-bond acceptors (Lipinski definition) is 3. The van der Waals surface area contributed by atoms with Crippen LogP contribution < -0.4 is 10.3 Å². The van der Waals surface area contributed by atoms with Gasteiger partial charge in [0, 0.05) is 49.9 Å². The Hall–Kier alpha value is -2.29. The average Bonchev–Trinajstić information content (AvgIpc) is 2.43. The molecule has 3 rings (SSSR count). The lowest BCUT2D eigenvalue weighted by molar-refractivity contribution is 0.618. The van der Waals surface area contributed by atoms with E-state index >= 15 is 0 Å². The number of nitrogens with zero attached hydrogens (tertiary/aromatic N) is 2. The summed E-state index contributed by atoms with van der Waals surface area (Å²) in [6, 6.07) is 14.4. The Morgan fingerprint density at radius 1 is 1.00 bits per heavy atom. The summed E-state index contributed by atoms with van der Waals surface area (Å²) in [4.78, 5) is 6.24. The third-order valence-electron chi connectivity index (χ3n) is 3.30. The molecule has 0 unspecified atom stereocenters. The van der Waals surface area contributed by atoms with Crippen LogP contribution in [0.1, 0.15) is 0 Å². The Bertz CT molecular complexity index is 771. The van der Waals surface area contributed by atoms with Crippen LogP contribution >= 0.6 is 0 Å². The Labute approximate surface area is 112 Å². The molecule has 0 saturated carbocycles. The molecule has 0 radical (unpaired) electrons. The summed E-state index contributed by atoms with van der Waals surface area (Å²) in [5.41, 5.74) is 3.12. The molecule has 1 aliphatic carbocycles. The molecule has 2 aliphatic rings. The Morgan fingerprint density at radius 3 is 2.58 bits per heavy atom. The van der Waals surface area contributed by atoms with Crippen molar-refractivity contribution in [1.29, 1.82) is 0 Å². The fraction of sp³-hybridized carbons (Fsp3) is 0.188. The van der Waals surface area contributed by atoms with E-state index in [-0.39, 0.29) is 0 Å². The van der Waals surface area contributed by atoms with E-state index in [0.29, 0.717) is 0 Å². The molecule has 19 heavy (non-hydrogen) atoms. The SMILES string of the molecule is CN=c1ccc2cc3ccc(N(C)C)cc3oc-2c1. The van der Waals surface area contributed by atoms with Crippen LogP contribution in [-0.2, 0) is 0 Å². The molecule has 96 valence electrons. The number of fused-ring (bicyclic) bond motifs is 2. The number of hydrogen-bond donors (Lipinski definition) is 0. The van der Waals surface area contributed by atoms with Crippen molar-refractivity contribution in [2.24, 2.45) is 4.99 Å². The van der Waals surface area contributed by atoms with E-state index < -0.39 is 0 Å². The highest BCUT2D eigenvalue weighted by Crippen LogP contribution is 2.29. The minimum Gasteiger partial charge on any atom is -0.456 e. The topological polar surface area (TPSA) is 28.7 Å². The molecule has 1 aromatic carbocycles. The van der Waals surface area contributed by atoms with Crippen LogP contribution in [0.5, 0.6) is 0 Å². The molecule has 0 spiro atoms. The van der Waals surface area contributed by atoms with Crippen LogP contribution in [-0.4, -0.2) is 21.1 Å². The molecule has 1 heterocycles. The molecule has 0 atom stereocenters. The van der Waals surface area contributed by atoms with Gasteiger partial charge < -0.3 is 9.32 Å². The van der Waals surface area contributed by atoms with Gasteiger partial charge in [-0.3, -0.25) is 4.99 Å². The predicted octanol–water partition coefficient (Wildman–Crippen LogP) is 3.13. The minimum absolute atomic E-state index is 0.867. The summed E-state index contributed by atoms with van der Waals surface area (Å²) in [6.07, 6.45) is 0. The van der Waals surface area contributed by atoms with E-state index in [4.69, 9.17) is 4.42 Å². The zero-order valence-electron chi connectivity index (χ0n) is 11.3. The van der Waals surface area contributed by atoms with Gasteiger partial charge >= 0.3 is 0 Å². The van der Waals surface area contributed by atoms with E-state index in [2.05, 4.69) is 34.2 Å². The van der Waals surface area contributed by atoms with Gasteiger partial charge in [0.15, 0.2) is 0 Å². The van der Waals surface area contributed by atoms with Crippen LogP contribution in [0.3, 0.4) is 0 Å². The summed E-state index contributed by atoms with van der Waals surface area (Å²) in [7, 11) is 5.83. The predicted molar refractivity (Wildman–Crippen MR) is 78.7 cm³/mol. The van der Waals surface area contributed by atoms with Gasteiger partial charge in [0.1, 0.15) is 11.3 Å². The molecule has 0 fully saturated rings. The maximum atomic E-state index is 5.99. The summed E-state index contributed by atoms with van der Waals surface area (Å²) in [5.74, 6) is 0.867. The molecule has 3 nitrogen and oxygen atoms in total. The number of anilines is 1. The van der Waals surface area contributed by atoms with E-state index in [9.17, 15) is 0 Å². The zero-order chi connectivity index (χ0) is 13.4. The van der Waals surface area contributed by atoms with Crippen molar-refractivity contribution >= 4 is 16.7 Å². The van der Waals surface area contributed by atoms with E-state index in [1.165, 1.54) is 0 Å². The van der Waals surface area contributed by atoms with Crippen molar-refractivity contribution in [3.8, 4) is 11.3 Å². The van der Waals surface area contributed by atoms with Gasteiger partial charge in [-0.25, -0.2) is 0 Å². The first-order valence-electron chi connectivity index (χ1n) is 6.25. The second kappa shape index (κ2) is 4.43. The molecular weight excluding hydrogens is 236 g/mol. The van der Waals surface area contributed by atoms with Crippen molar-refractivity contribution in [3.63, 3.8) is 0 Å². The van der Waals surface area contributed by atoms with Gasteiger partial charge in [0.2, 0.25) is 0 Å². The number of benzene rings is 2. The van der Waals surface area contributed by atoms with Crippen molar-refractivity contribution in [1.82, 2.24) is 0 Å². The highest BCUT2D eigenvalue weighted by atomic mass is 16.3. The minimum atomic E-state index is 0.867. The second-order valence-corrected chi connectivity index (χ2v) is 4.81. The number of rotatable bonds is 1. The Morgan fingerprint density at radius 2 is 1.84 bits per heavy atom. The van der Waals surface area contributed by atoms with Crippen LogP contribution in [0.25, 0.3) is 22.3 Å². The lowest BCUT2D eigenvalue weighted by Crippen LogP contribution is -2.08. The zero-order valence-corrected chi connectivity index (χ0v) is 11.3. The molecule has 0 bridgehead atoms. The first-order valence-corrected chi connectivity index (χ1v) is 6.25. The van der Waals surface area contributed by atoms with Gasteiger partial charge in [-0.05, 0) is 30.3 Å². The molecular formula is C16H16N2O. The van der Waals surface area contributed by atoms with Crippen LogP contribution in [0.2, 0.25) is 0 Å². The lowest BCUT2D eigenvalue weighted by atomic mass is 10.1. The second-order valence-electron chi connectivity index (χ2n) is 4.81. The Balaban J connectivity index is 2.31. The van der Waals surface area contributed by atoms with Gasteiger partial charge in [-0.1, -0.05) is 0 Å². The molecule has 1 aliphatic heterocycles. The first-order chi connectivity index (χ1) is 9.17. The van der Waals surface area contributed by atoms with E-state index in [1.807, 2.05) is 32.3 Å². The van der Waals surface area contributed by atoms with Crippen molar-refractivity contribution in [3.05, 3.63) is 47.8 Å². The first kappa shape index (κ1) is 11.8. The van der Waals surface area contributed by atoms with Crippen LogP contribution in [0.4, 0.5) is 5.69 Å². The highest BCUT2D eigenvalue weighted by Gasteiger charge is 2.07. The fourth-order valence-electron chi connectivity index (χ4n) is 2.16. The standard InChI is InChI=1S/C16H16N2O/c1-17-13-6-4-11-8-12-5-7-14(18(2)3)10-16(12)19-15(11)9-13/h4-10H,1-3H3. The summed E-state index contributed by atoms with van der Waals surface area (Å²) in [6.45, 7) is 0. The van der Waals surface area contributed by atoms with E-state index in [1.54, 1.807) is 7.05 Å². The largest absolute Gasteiger partial charge is 0.456 e. The maximum absolute atomic E-state index is 5.99. The molecule has 0 amide bonds. The van der Waals surface area contributed by atoms with E-state index in [0.717, 1.165) is 33.3 Å². The van der Waals surface area contributed by atoms with Crippen LogP contribution in [0, 0.1) is 0 Å². The van der Waals surface area contributed by atoms with Crippen molar-refractivity contribution in [2.45, 2.75) is 0 Å². The molecule has 0 N–H and O–H groups in total. The fourth-order valence-corrected chi connectivity index (χ4v) is 2.16. The average molecular weight is 252 g/mol. The molecule has 3 heteroatoms. The molecule has 0 aromatic heterocycles. The quantitative estimate of drug-likeness (QED) is 0.622. The summed E-state index contributed by atoms with van der Waals surface area (Å²) in [5, 5.41) is 2.04. The smallest absolute Gasteiger partial charge is 0.136 e. The van der Waals surface area contributed by atoms with Gasteiger partial charge in [-0.15, -0.1) is 0 Å². The monoisotopic (exact) mass is 252 g/mol. The summed E-state index contributed by atoms with van der Waals surface area (Å²) >= 11 is 0. The van der Waals surface area contributed by atoms with Crippen molar-refractivity contribution < 1.29 is 4.42 Å². The van der Waals surface area contributed by atoms with Crippen molar-refractivity contribution in [2.75, 3.05) is 26.0 Å². The highest BCUT2D eigenvalue weighted by molar-refractivity contribution is 5.85. The van der Waals surface area contributed by atoms with Gasteiger partial charge in [0.05, 0.1) is 5.36 Å². The molecule has 1 aromatic rings. The lowest BCUT2D eigenvalue weighted by Gasteiger charge is -2.13. The molecule has 0 saturated heterocycles.